The van der Waals surface area contributed by atoms with Gasteiger partial charge in [0.2, 0.25) is 0 Å². The summed E-state index contributed by atoms with van der Waals surface area (Å²) in [6, 6.07) is 8.66. The van der Waals surface area contributed by atoms with Crippen LogP contribution >= 0.6 is 0 Å². The van der Waals surface area contributed by atoms with Gasteiger partial charge in [0, 0.05) is 18.3 Å². The molecule has 1 N–H and O–H groups in total. The predicted octanol–water partition coefficient (Wildman–Crippen LogP) is 3.01. The number of hydrogen-bond donors (Lipinski definition) is 1. The second-order valence-electron chi connectivity index (χ2n) is 5.00. The first kappa shape index (κ1) is 14.5. The van der Waals surface area contributed by atoms with E-state index in [1.54, 1.807) is 0 Å². The molecule has 0 amide bonds. The fraction of sp³-hybridized carbons (Fsp3) is 0.533. The highest BCUT2D eigenvalue weighted by molar-refractivity contribution is 5.51. The van der Waals surface area contributed by atoms with Crippen molar-refractivity contribution in [3.05, 3.63) is 29.3 Å². The molecule has 0 saturated heterocycles. The zero-order chi connectivity index (χ0) is 13.5. The van der Waals surface area contributed by atoms with E-state index in [1.165, 1.54) is 0 Å². The molecule has 3 nitrogen and oxygen atoms in total. The predicted molar refractivity (Wildman–Crippen MR) is 76.8 cm³/mol. The van der Waals surface area contributed by atoms with Crippen LogP contribution in [0.2, 0.25) is 0 Å². The van der Waals surface area contributed by atoms with Crippen molar-refractivity contribution in [3.8, 4) is 6.07 Å². The second-order valence-corrected chi connectivity index (χ2v) is 5.00. The number of rotatable bonds is 6. The molecule has 0 fully saturated rings. The van der Waals surface area contributed by atoms with Gasteiger partial charge in [0.05, 0.1) is 11.6 Å². The molecule has 0 unspecified atom stereocenters. The summed E-state index contributed by atoms with van der Waals surface area (Å²) in [6.07, 6.45) is 1.12. The number of nitriles is 1. The molecule has 98 valence electrons. The molecule has 0 aliphatic heterocycles. The van der Waals surface area contributed by atoms with Gasteiger partial charge in [-0.25, -0.2) is 0 Å². The second kappa shape index (κ2) is 7.03. The van der Waals surface area contributed by atoms with E-state index in [0.717, 1.165) is 36.3 Å². The average Bonchev–Trinajstić information content (AvgIpc) is 2.34. The van der Waals surface area contributed by atoms with E-state index < -0.39 is 0 Å². The van der Waals surface area contributed by atoms with Crippen molar-refractivity contribution in [2.45, 2.75) is 33.2 Å². The van der Waals surface area contributed by atoms with Crippen LogP contribution in [0.15, 0.2) is 18.2 Å². The van der Waals surface area contributed by atoms with Crippen molar-refractivity contribution in [2.75, 3.05) is 25.5 Å². The maximum atomic E-state index is 8.86. The molecule has 0 atom stereocenters. The zero-order valence-electron chi connectivity index (χ0n) is 11.8. The van der Waals surface area contributed by atoms with Crippen LogP contribution in [0.1, 0.15) is 31.4 Å². The van der Waals surface area contributed by atoms with Gasteiger partial charge in [-0.2, -0.15) is 5.26 Å². The quantitative estimate of drug-likeness (QED) is 0.783. The molecule has 0 radical (unpaired) electrons. The average molecular weight is 245 g/mol. The topological polar surface area (TPSA) is 39.1 Å². The Morgan fingerprint density at radius 1 is 1.39 bits per heavy atom. The summed E-state index contributed by atoms with van der Waals surface area (Å²) in [5, 5.41) is 12.3. The van der Waals surface area contributed by atoms with Gasteiger partial charge in [-0.05, 0) is 64.5 Å². The fourth-order valence-electron chi connectivity index (χ4n) is 1.72. The summed E-state index contributed by atoms with van der Waals surface area (Å²) < 4.78 is 0. The van der Waals surface area contributed by atoms with Crippen molar-refractivity contribution >= 4 is 5.69 Å². The SMILES string of the molecule is Cc1cc(NCCCN(C)C(C)C)ccc1C#N. The Kier molecular flexibility index (Phi) is 5.67. The standard InChI is InChI=1S/C15H23N3/c1-12(2)18(4)9-5-8-17-15-7-6-14(11-16)13(3)10-15/h6-7,10,12,17H,5,8-9H2,1-4H3. The van der Waals surface area contributed by atoms with Crippen LogP contribution in [-0.4, -0.2) is 31.1 Å². The van der Waals surface area contributed by atoms with Crippen LogP contribution < -0.4 is 5.32 Å². The van der Waals surface area contributed by atoms with Crippen molar-refractivity contribution in [2.24, 2.45) is 0 Å². The highest BCUT2D eigenvalue weighted by Crippen LogP contribution is 2.14. The van der Waals surface area contributed by atoms with Gasteiger partial charge in [-0.15, -0.1) is 0 Å². The van der Waals surface area contributed by atoms with Crippen molar-refractivity contribution < 1.29 is 0 Å². The van der Waals surface area contributed by atoms with Gasteiger partial charge in [0.15, 0.2) is 0 Å². The number of benzene rings is 1. The molecule has 0 heterocycles. The highest BCUT2D eigenvalue weighted by Gasteiger charge is 2.02. The summed E-state index contributed by atoms with van der Waals surface area (Å²) in [4.78, 5) is 2.34. The number of nitrogens with zero attached hydrogens (tertiary/aromatic N) is 2. The molecule has 0 saturated carbocycles. The maximum absolute atomic E-state index is 8.86. The van der Waals surface area contributed by atoms with Crippen LogP contribution in [0, 0.1) is 18.3 Å². The lowest BCUT2D eigenvalue weighted by molar-refractivity contribution is 0.273. The van der Waals surface area contributed by atoms with E-state index in [2.05, 4.69) is 37.2 Å². The van der Waals surface area contributed by atoms with E-state index in [9.17, 15) is 0 Å². The monoisotopic (exact) mass is 245 g/mol. The molecule has 0 aliphatic carbocycles. The molecule has 0 aromatic heterocycles. The molecule has 18 heavy (non-hydrogen) atoms. The molecule has 1 aromatic rings. The van der Waals surface area contributed by atoms with Gasteiger partial charge >= 0.3 is 0 Å². The molecule has 0 bridgehead atoms. The highest BCUT2D eigenvalue weighted by atomic mass is 15.1. The minimum Gasteiger partial charge on any atom is -0.385 e. The van der Waals surface area contributed by atoms with Gasteiger partial charge < -0.3 is 10.2 Å². The third-order valence-electron chi connectivity index (χ3n) is 3.25. The van der Waals surface area contributed by atoms with Crippen LogP contribution in [-0.2, 0) is 0 Å². The summed E-state index contributed by atoms with van der Waals surface area (Å²) in [6.45, 7) is 8.44. The van der Waals surface area contributed by atoms with E-state index in [4.69, 9.17) is 5.26 Å². The van der Waals surface area contributed by atoms with Crippen molar-refractivity contribution in [1.29, 1.82) is 5.26 Å². The Hall–Kier alpha value is -1.53. The largest absolute Gasteiger partial charge is 0.385 e. The van der Waals surface area contributed by atoms with Gasteiger partial charge in [-0.1, -0.05) is 0 Å². The van der Waals surface area contributed by atoms with E-state index in [-0.39, 0.29) is 0 Å². The Morgan fingerprint density at radius 3 is 2.67 bits per heavy atom. The summed E-state index contributed by atoms with van der Waals surface area (Å²) in [7, 11) is 2.15. The Bertz CT molecular complexity index is 418. The molecule has 1 rings (SSSR count). The lowest BCUT2D eigenvalue weighted by atomic mass is 10.1. The van der Waals surface area contributed by atoms with E-state index in [0.29, 0.717) is 6.04 Å². The maximum Gasteiger partial charge on any atom is 0.0994 e. The number of nitrogens with one attached hydrogen (secondary N) is 1. The number of hydrogen-bond acceptors (Lipinski definition) is 3. The Labute approximate surface area is 110 Å². The van der Waals surface area contributed by atoms with Crippen LogP contribution in [0.3, 0.4) is 0 Å². The zero-order valence-corrected chi connectivity index (χ0v) is 11.8. The van der Waals surface area contributed by atoms with Crippen LogP contribution in [0.4, 0.5) is 5.69 Å². The lowest BCUT2D eigenvalue weighted by Gasteiger charge is -2.20. The summed E-state index contributed by atoms with van der Waals surface area (Å²) in [5.41, 5.74) is 2.88. The van der Waals surface area contributed by atoms with Crippen molar-refractivity contribution in [1.82, 2.24) is 4.90 Å². The molecule has 0 aliphatic rings. The van der Waals surface area contributed by atoms with Crippen molar-refractivity contribution in [3.63, 3.8) is 0 Å². The Morgan fingerprint density at radius 2 is 2.11 bits per heavy atom. The van der Waals surface area contributed by atoms with Gasteiger partial charge in [-0.3, -0.25) is 0 Å². The van der Waals surface area contributed by atoms with Crippen LogP contribution in [0.5, 0.6) is 0 Å². The fourth-order valence-corrected chi connectivity index (χ4v) is 1.72. The first-order chi connectivity index (χ1) is 8.54. The number of aryl methyl sites for hydroxylation is 1. The third-order valence-corrected chi connectivity index (χ3v) is 3.25. The van der Waals surface area contributed by atoms with E-state index in [1.807, 2.05) is 25.1 Å². The Balaban J connectivity index is 2.36. The normalized spacial score (nSPS) is 10.7. The van der Waals surface area contributed by atoms with E-state index >= 15 is 0 Å². The van der Waals surface area contributed by atoms with Gasteiger partial charge in [0.1, 0.15) is 0 Å². The first-order valence-electron chi connectivity index (χ1n) is 6.49. The number of anilines is 1. The smallest absolute Gasteiger partial charge is 0.0994 e. The molecule has 3 heteroatoms. The first-order valence-corrected chi connectivity index (χ1v) is 6.49. The molecule has 0 spiro atoms. The minimum atomic E-state index is 0.599. The molecular formula is C15H23N3. The summed E-state index contributed by atoms with van der Waals surface area (Å²) >= 11 is 0. The minimum absolute atomic E-state index is 0.599. The molecular weight excluding hydrogens is 222 g/mol. The van der Waals surface area contributed by atoms with Crippen LogP contribution in [0.25, 0.3) is 0 Å². The van der Waals surface area contributed by atoms with Gasteiger partial charge in [0.25, 0.3) is 0 Å². The summed E-state index contributed by atoms with van der Waals surface area (Å²) in [5.74, 6) is 0. The third kappa shape index (κ3) is 4.38. The molecule has 1 aromatic carbocycles. The lowest BCUT2D eigenvalue weighted by Crippen LogP contribution is -2.28.